The Hall–Kier alpha value is -4.49. The summed E-state index contributed by atoms with van der Waals surface area (Å²) in [6.45, 7) is 5.85. The average Bonchev–Trinajstić information content (AvgIpc) is 2.83. The van der Waals surface area contributed by atoms with Gasteiger partial charge in [-0.05, 0) is 72.2 Å². The molecule has 154 valence electrons. The van der Waals surface area contributed by atoms with E-state index in [1.54, 1.807) is 35.0 Å². The quantitative estimate of drug-likeness (QED) is 0.398. The topological polar surface area (TPSA) is 47.8 Å². The molecule has 0 fully saturated rings. The summed E-state index contributed by atoms with van der Waals surface area (Å²) >= 11 is 0. The van der Waals surface area contributed by atoms with Crippen molar-refractivity contribution >= 4 is 35.3 Å². The lowest BCUT2D eigenvalue weighted by atomic mass is 10.0. The van der Waals surface area contributed by atoms with E-state index in [0.29, 0.717) is 22.5 Å². The van der Waals surface area contributed by atoms with Crippen LogP contribution in [0.2, 0.25) is 0 Å². The third-order valence-electron chi connectivity index (χ3n) is 5.06. The zero-order chi connectivity index (χ0) is 22.5. The van der Waals surface area contributed by atoms with Gasteiger partial charge in [0, 0.05) is 11.8 Å². The smallest absolute Gasteiger partial charge is 0.267 e. The number of benzene rings is 2. The average molecular weight is 415 g/mol. The minimum absolute atomic E-state index is 0.187. The monoisotopic (exact) mass is 415 g/mol. The first-order chi connectivity index (χ1) is 15.6. The van der Waals surface area contributed by atoms with Crippen molar-refractivity contribution in [2.45, 2.75) is 6.92 Å². The molecule has 2 heterocycles. The largest absolute Gasteiger partial charge is 0.268 e. The summed E-state index contributed by atoms with van der Waals surface area (Å²) in [5.74, 6) is 3.08. The SMILES string of the molecule is C#Cc1ccc(-n2c(C=Cc3ccc(C=C)c(C=CC)c3)nc3ncccc3c2=O)cc1. The second kappa shape index (κ2) is 9.11. The first kappa shape index (κ1) is 20.8. The second-order valence-corrected chi connectivity index (χ2v) is 7.10. The molecule has 4 rings (SSSR count). The minimum Gasteiger partial charge on any atom is -0.268 e. The van der Waals surface area contributed by atoms with E-state index < -0.39 is 0 Å². The Bertz CT molecular complexity index is 1470. The van der Waals surface area contributed by atoms with Gasteiger partial charge >= 0.3 is 0 Å². The van der Waals surface area contributed by atoms with Gasteiger partial charge in [0.2, 0.25) is 0 Å². The molecule has 0 aliphatic rings. The van der Waals surface area contributed by atoms with Crippen molar-refractivity contribution in [1.82, 2.24) is 14.5 Å². The molecule has 0 radical (unpaired) electrons. The first-order valence-corrected chi connectivity index (χ1v) is 10.2. The molecule has 4 heteroatoms. The van der Waals surface area contributed by atoms with E-state index in [0.717, 1.165) is 22.3 Å². The van der Waals surface area contributed by atoms with E-state index in [4.69, 9.17) is 6.42 Å². The van der Waals surface area contributed by atoms with Crippen LogP contribution in [0.1, 0.15) is 35.0 Å². The van der Waals surface area contributed by atoms with Gasteiger partial charge in [0.05, 0.1) is 11.1 Å². The number of rotatable bonds is 5. The van der Waals surface area contributed by atoms with Crippen LogP contribution in [-0.4, -0.2) is 14.5 Å². The Morgan fingerprint density at radius 3 is 2.56 bits per heavy atom. The van der Waals surface area contributed by atoms with Crippen LogP contribution < -0.4 is 5.56 Å². The zero-order valence-corrected chi connectivity index (χ0v) is 17.7. The summed E-state index contributed by atoms with van der Waals surface area (Å²) < 4.78 is 1.58. The van der Waals surface area contributed by atoms with Crippen molar-refractivity contribution in [2.75, 3.05) is 0 Å². The van der Waals surface area contributed by atoms with E-state index in [2.05, 4.69) is 28.5 Å². The molecule has 0 unspecified atom stereocenters. The Morgan fingerprint density at radius 1 is 1.03 bits per heavy atom. The Kier molecular flexibility index (Phi) is 5.91. The van der Waals surface area contributed by atoms with Gasteiger partial charge in [-0.15, -0.1) is 6.42 Å². The van der Waals surface area contributed by atoms with Gasteiger partial charge in [-0.3, -0.25) is 9.36 Å². The highest BCUT2D eigenvalue weighted by molar-refractivity contribution is 5.77. The normalized spacial score (nSPS) is 11.2. The van der Waals surface area contributed by atoms with E-state index in [1.807, 2.05) is 61.6 Å². The van der Waals surface area contributed by atoms with Gasteiger partial charge in [0.15, 0.2) is 5.65 Å². The highest BCUT2D eigenvalue weighted by Crippen LogP contribution is 2.19. The number of aromatic nitrogens is 3. The van der Waals surface area contributed by atoms with Crippen LogP contribution >= 0.6 is 0 Å². The van der Waals surface area contributed by atoms with Gasteiger partial charge < -0.3 is 0 Å². The molecule has 32 heavy (non-hydrogen) atoms. The molecule has 2 aromatic heterocycles. The molecule has 0 bridgehead atoms. The lowest BCUT2D eigenvalue weighted by Crippen LogP contribution is -2.22. The Morgan fingerprint density at radius 2 is 1.84 bits per heavy atom. The molecule has 0 amide bonds. The maximum atomic E-state index is 13.3. The van der Waals surface area contributed by atoms with Crippen molar-refractivity contribution in [1.29, 1.82) is 0 Å². The Balaban J connectivity index is 1.88. The van der Waals surface area contributed by atoms with Gasteiger partial charge in [0.1, 0.15) is 5.82 Å². The summed E-state index contributed by atoms with van der Waals surface area (Å²) in [5, 5.41) is 0.455. The molecule has 0 spiro atoms. The van der Waals surface area contributed by atoms with E-state index in [-0.39, 0.29) is 5.56 Å². The fourth-order valence-electron chi connectivity index (χ4n) is 3.48. The van der Waals surface area contributed by atoms with E-state index in [1.165, 1.54) is 0 Å². The number of pyridine rings is 1. The number of terminal acetylenes is 1. The van der Waals surface area contributed by atoms with Crippen molar-refractivity contribution in [3.63, 3.8) is 0 Å². The lowest BCUT2D eigenvalue weighted by molar-refractivity contribution is 0.937. The molecule has 0 saturated heterocycles. The maximum absolute atomic E-state index is 13.3. The fraction of sp³-hybridized carbons (Fsp3) is 0.0357. The van der Waals surface area contributed by atoms with Crippen molar-refractivity contribution in [3.8, 4) is 18.0 Å². The summed E-state index contributed by atoms with van der Waals surface area (Å²) in [6, 6.07) is 16.8. The van der Waals surface area contributed by atoms with E-state index >= 15 is 0 Å². The Labute approximate surface area is 186 Å². The third-order valence-corrected chi connectivity index (χ3v) is 5.06. The van der Waals surface area contributed by atoms with Crippen molar-refractivity contribution in [3.05, 3.63) is 112 Å². The number of hydrogen-bond donors (Lipinski definition) is 0. The predicted octanol–water partition coefficient (Wildman–Crippen LogP) is 5.61. The molecule has 0 N–H and O–H groups in total. The van der Waals surface area contributed by atoms with Gasteiger partial charge in [0.25, 0.3) is 5.56 Å². The molecule has 0 aliphatic carbocycles. The summed E-state index contributed by atoms with van der Waals surface area (Å²) in [7, 11) is 0. The molecule has 0 atom stereocenters. The highest BCUT2D eigenvalue weighted by Gasteiger charge is 2.12. The fourth-order valence-corrected chi connectivity index (χ4v) is 3.48. The van der Waals surface area contributed by atoms with Gasteiger partial charge in [-0.25, -0.2) is 9.97 Å². The third kappa shape index (κ3) is 4.05. The first-order valence-electron chi connectivity index (χ1n) is 10.2. The van der Waals surface area contributed by atoms with Crippen LogP contribution in [0.25, 0.3) is 41.0 Å². The van der Waals surface area contributed by atoms with Crippen LogP contribution in [0.5, 0.6) is 0 Å². The minimum atomic E-state index is -0.187. The van der Waals surface area contributed by atoms with Crippen LogP contribution in [0.3, 0.4) is 0 Å². The molecular weight excluding hydrogens is 394 g/mol. The molecule has 4 nitrogen and oxygen atoms in total. The highest BCUT2D eigenvalue weighted by atomic mass is 16.1. The summed E-state index contributed by atoms with van der Waals surface area (Å²) in [4.78, 5) is 22.3. The van der Waals surface area contributed by atoms with Gasteiger partial charge in [-0.1, -0.05) is 48.9 Å². The number of nitrogens with zero attached hydrogens (tertiary/aromatic N) is 3. The molecule has 0 aliphatic heterocycles. The van der Waals surface area contributed by atoms with Crippen molar-refractivity contribution in [2.24, 2.45) is 0 Å². The molecular formula is C28H21N3O. The summed E-state index contributed by atoms with van der Waals surface area (Å²) in [6.07, 6.45) is 16.7. The lowest BCUT2D eigenvalue weighted by Gasteiger charge is -2.11. The van der Waals surface area contributed by atoms with Crippen LogP contribution in [-0.2, 0) is 0 Å². The van der Waals surface area contributed by atoms with Crippen molar-refractivity contribution < 1.29 is 0 Å². The predicted molar refractivity (Wildman–Crippen MR) is 133 cm³/mol. The van der Waals surface area contributed by atoms with Crippen LogP contribution in [0.4, 0.5) is 0 Å². The van der Waals surface area contributed by atoms with E-state index in [9.17, 15) is 4.79 Å². The van der Waals surface area contributed by atoms with Gasteiger partial charge in [-0.2, -0.15) is 0 Å². The maximum Gasteiger partial charge on any atom is 0.267 e. The number of hydrogen-bond acceptors (Lipinski definition) is 3. The molecule has 4 aromatic rings. The molecule has 2 aromatic carbocycles. The summed E-state index contributed by atoms with van der Waals surface area (Å²) in [5.41, 5.74) is 4.75. The van der Waals surface area contributed by atoms with Crippen LogP contribution in [0.15, 0.2) is 78.2 Å². The second-order valence-electron chi connectivity index (χ2n) is 7.10. The number of allylic oxidation sites excluding steroid dienone is 1. The molecule has 0 saturated carbocycles. The van der Waals surface area contributed by atoms with Crippen LogP contribution in [0, 0.1) is 12.3 Å². The zero-order valence-electron chi connectivity index (χ0n) is 17.7. The standard InChI is InChI=1S/C28H21N3O/c1-4-8-23-19-21(10-14-22(23)6-3)13-17-26-30-27-25(9-7-18-29-27)28(32)31(26)24-15-11-20(5-2)12-16-24/h2,4,6-19H,3H2,1H3. The number of fused-ring (bicyclic) bond motifs is 1.